The maximum absolute atomic E-state index is 12.7. The van der Waals surface area contributed by atoms with Gasteiger partial charge in [0.2, 0.25) is 0 Å². The Morgan fingerprint density at radius 3 is 2.69 bits per heavy atom. The van der Waals surface area contributed by atoms with Crippen LogP contribution in [0.4, 0.5) is 4.79 Å². The molecule has 1 fully saturated rings. The number of guanidine groups is 1. The molecule has 8 heteroatoms. The van der Waals surface area contributed by atoms with Crippen molar-refractivity contribution in [1.82, 2.24) is 25.4 Å². The normalized spacial score (nSPS) is 16.0. The molecule has 8 nitrogen and oxygen atoms in total. The lowest BCUT2D eigenvalue weighted by molar-refractivity contribution is 0.0232. The molecule has 0 radical (unpaired) electrons. The molecule has 32 heavy (non-hydrogen) atoms. The number of rotatable bonds is 9. The van der Waals surface area contributed by atoms with Gasteiger partial charge in [0.05, 0.1) is 6.54 Å². The average molecular weight is 447 g/mol. The molecule has 0 spiro atoms. The molecule has 180 valence electrons. The van der Waals surface area contributed by atoms with E-state index in [1.807, 2.05) is 32.9 Å². The van der Waals surface area contributed by atoms with Gasteiger partial charge < -0.3 is 25.2 Å². The number of aliphatic imine (C=N–C) groups is 1. The first-order valence-corrected chi connectivity index (χ1v) is 11.9. The van der Waals surface area contributed by atoms with Gasteiger partial charge in [-0.15, -0.1) is 0 Å². The van der Waals surface area contributed by atoms with E-state index in [9.17, 15) is 4.79 Å². The molecular weight excluding hydrogens is 404 g/mol. The zero-order valence-corrected chi connectivity index (χ0v) is 20.6. The summed E-state index contributed by atoms with van der Waals surface area (Å²) in [6.45, 7) is 13.1. The summed E-state index contributed by atoms with van der Waals surface area (Å²) in [6.07, 6.45) is 7.49. The molecule has 1 amide bonds. The standard InChI is InChI=1S/C24H42N6O2/c1-6-14-29-16-10-21(11-17-29)28-22(25-5)27-13-8-15-30(23(31)32-24(2,3)4)19-20-9-7-12-26-18-20/h7,9,12,18,21H,6,8,10-11,13-17,19H2,1-5H3,(H2,25,27,28). The fourth-order valence-corrected chi connectivity index (χ4v) is 3.76. The highest BCUT2D eigenvalue weighted by molar-refractivity contribution is 5.79. The SMILES string of the molecule is CCCN1CCC(NC(=NC)NCCCN(Cc2cccnc2)C(=O)OC(C)(C)C)CC1. The Bertz CT molecular complexity index is 696. The predicted octanol–water partition coefficient (Wildman–Crippen LogP) is 3.25. The minimum absolute atomic E-state index is 0.303. The first-order chi connectivity index (χ1) is 15.3. The van der Waals surface area contributed by atoms with Crippen LogP contribution in [0.1, 0.15) is 58.9 Å². The van der Waals surface area contributed by atoms with Gasteiger partial charge in [-0.25, -0.2) is 4.79 Å². The Labute approximate surface area is 193 Å². The van der Waals surface area contributed by atoms with Gasteiger partial charge in [-0.3, -0.25) is 9.98 Å². The van der Waals surface area contributed by atoms with Crippen LogP contribution in [0.5, 0.6) is 0 Å². The zero-order valence-electron chi connectivity index (χ0n) is 20.6. The fraction of sp³-hybridized carbons (Fsp3) is 0.708. The number of pyridine rings is 1. The molecule has 0 atom stereocenters. The second kappa shape index (κ2) is 13.3. The monoisotopic (exact) mass is 446 g/mol. The molecule has 2 rings (SSSR count). The number of carbonyl (C=O) groups excluding carboxylic acids is 1. The van der Waals surface area contributed by atoms with Crippen LogP contribution in [-0.2, 0) is 11.3 Å². The highest BCUT2D eigenvalue weighted by Gasteiger charge is 2.22. The van der Waals surface area contributed by atoms with Crippen LogP contribution in [0.15, 0.2) is 29.5 Å². The number of nitrogens with one attached hydrogen (secondary N) is 2. The van der Waals surface area contributed by atoms with Crippen LogP contribution < -0.4 is 10.6 Å². The Balaban J connectivity index is 1.79. The Hall–Kier alpha value is -2.35. The molecule has 0 unspecified atom stereocenters. The van der Waals surface area contributed by atoms with Crippen molar-refractivity contribution in [2.24, 2.45) is 4.99 Å². The van der Waals surface area contributed by atoms with E-state index in [0.29, 0.717) is 19.1 Å². The van der Waals surface area contributed by atoms with Crippen LogP contribution in [0, 0.1) is 0 Å². The van der Waals surface area contributed by atoms with Gasteiger partial charge in [-0.2, -0.15) is 0 Å². The quantitative estimate of drug-likeness (QED) is 0.344. The second-order valence-electron chi connectivity index (χ2n) is 9.38. The number of hydrogen-bond donors (Lipinski definition) is 2. The first kappa shape index (κ1) is 25.9. The highest BCUT2D eigenvalue weighted by atomic mass is 16.6. The number of hydrogen-bond acceptors (Lipinski definition) is 5. The lowest BCUT2D eigenvalue weighted by Crippen LogP contribution is -2.49. The molecule has 1 aromatic rings. The van der Waals surface area contributed by atoms with E-state index in [4.69, 9.17) is 4.74 Å². The van der Waals surface area contributed by atoms with E-state index in [-0.39, 0.29) is 6.09 Å². The van der Waals surface area contributed by atoms with Crippen molar-refractivity contribution in [3.05, 3.63) is 30.1 Å². The number of nitrogens with zero attached hydrogens (tertiary/aromatic N) is 4. The van der Waals surface area contributed by atoms with E-state index in [0.717, 1.165) is 50.4 Å². The second-order valence-corrected chi connectivity index (χ2v) is 9.38. The first-order valence-electron chi connectivity index (χ1n) is 11.9. The van der Waals surface area contributed by atoms with Gasteiger partial charge in [0, 0.05) is 51.7 Å². The van der Waals surface area contributed by atoms with E-state index < -0.39 is 5.60 Å². The van der Waals surface area contributed by atoms with Gasteiger partial charge in [-0.1, -0.05) is 13.0 Å². The minimum atomic E-state index is -0.527. The number of ether oxygens (including phenoxy) is 1. The largest absolute Gasteiger partial charge is 0.444 e. The van der Waals surface area contributed by atoms with Gasteiger partial charge in [-0.05, 0) is 64.6 Å². The van der Waals surface area contributed by atoms with E-state index in [2.05, 4.69) is 32.4 Å². The third-order valence-electron chi connectivity index (χ3n) is 5.34. The molecule has 0 aromatic carbocycles. The van der Waals surface area contributed by atoms with Gasteiger partial charge >= 0.3 is 6.09 Å². The van der Waals surface area contributed by atoms with Crippen LogP contribution in [0.25, 0.3) is 0 Å². The van der Waals surface area contributed by atoms with Crippen molar-refractivity contribution < 1.29 is 9.53 Å². The summed E-state index contributed by atoms with van der Waals surface area (Å²) in [4.78, 5) is 25.5. The molecule has 1 aliphatic rings. The molecule has 2 N–H and O–H groups in total. The summed E-state index contributed by atoms with van der Waals surface area (Å²) in [5, 5.41) is 6.94. The fourth-order valence-electron chi connectivity index (χ4n) is 3.76. The van der Waals surface area contributed by atoms with Crippen molar-refractivity contribution in [2.45, 2.75) is 71.6 Å². The minimum Gasteiger partial charge on any atom is -0.444 e. The van der Waals surface area contributed by atoms with Gasteiger partial charge in [0.15, 0.2) is 5.96 Å². The maximum Gasteiger partial charge on any atom is 0.410 e. The van der Waals surface area contributed by atoms with Crippen LogP contribution in [0.2, 0.25) is 0 Å². The van der Waals surface area contributed by atoms with E-state index in [1.54, 1.807) is 24.3 Å². The van der Waals surface area contributed by atoms with Gasteiger partial charge in [0.25, 0.3) is 0 Å². The molecule has 0 bridgehead atoms. The summed E-state index contributed by atoms with van der Waals surface area (Å²) in [5.74, 6) is 0.829. The summed E-state index contributed by atoms with van der Waals surface area (Å²) in [7, 11) is 1.80. The van der Waals surface area contributed by atoms with E-state index >= 15 is 0 Å². The number of aromatic nitrogens is 1. The van der Waals surface area contributed by atoms with Crippen molar-refractivity contribution in [3.8, 4) is 0 Å². The van der Waals surface area contributed by atoms with Gasteiger partial charge in [0.1, 0.15) is 5.60 Å². The van der Waals surface area contributed by atoms with Crippen molar-refractivity contribution in [3.63, 3.8) is 0 Å². The number of amides is 1. The Morgan fingerprint density at radius 2 is 2.09 bits per heavy atom. The van der Waals surface area contributed by atoms with Crippen molar-refractivity contribution in [1.29, 1.82) is 0 Å². The maximum atomic E-state index is 12.7. The lowest BCUT2D eigenvalue weighted by Gasteiger charge is -2.32. The summed E-state index contributed by atoms with van der Waals surface area (Å²) < 4.78 is 5.60. The van der Waals surface area contributed by atoms with E-state index in [1.165, 1.54) is 13.0 Å². The summed E-state index contributed by atoms with van der Waals surface area (Å²) in [6, 6.07) is 4.31. The number of carbonyl (C=O) groups is 1. The molecule has 1 aromatic heterocycles. The Morgan fingerprint density at radius 1 is 1.34 bits per heavy atom. The number of likely N-dealkylation sites (tertiary alicyclic amines) is 1. The number of piperidine rings is 1. The molecule has 1 aliphatic heterocycles. The van der Waals surface area contributed by atoms with Crippen molar-refractivity contribution >= 4 is 12.1 Å². The Kier molecular flexibility index (Phi) is 10.7. The van der Waals surface area contributed by atoms with Crippen LogP contribution in [-0.4, -0.2) is 78.3 Å². The smallest absolute Gasteiger partial charge is 0.410 e. The molecule has 2 heterocycles. The highest BCUT2D eigenvalue weighted by Crippen LogP contribution is 2.13. The third-order valence-corrected chi connectivity index (χ3v) is 5.34. The molecule has 0 aliphatic carbocycles. The summed E-state index contributed by atoms with van der Waals surface area (Å²) in [5.41, 5.74) is 0.458. The topological polar surface area (TPSA) is 82.1 Å². The average Bonchev–Trinajstić information content (AvgIpc) is 2.76. The van der Waals surface area contributed by atoms with Crippen LogP contribution in [0.3, 0.4) is 0 Å². The third kappa shape index (κ3) is 9.85. The predicted molar refractivity (Wildman–Crippen MR) is 130 cm³/mol. The summed E-state index contributed by atoms with van der Waals surface area (Å²) >= 11 is 0. The molecule has 1 saturated heterocycles. The van der Waals surface area contributed by atoms with Crippen molar-refractivity contribution in [2.75, 3.05) is 39.8 Å². The zero-order chi connectivity index (χ0) is 23.4. The molecular formula is C24H42N6O2. The lowest BCUT2D eigenvalue weighted by atomic mass is 10.1. The van der Waals surface area contributed by atoms with Crippen LogP contribution >= 0.6 is 0 Å². The molecule has 0 saturated carbocycles.